The summed E-state index contributed by atoms with van der Waals surface area (Å²) in [5, 5.41) is 5.99. The predicted molar refractivity (Wildman–Crippen MR) is 137 cm³/mol. The Morgan fingerprint density at radius 3 is 2.76 bits per heavy atom. The van der Waals surface area contributed by atoms with Crippen LogP contribution < -0.4 is 21.3 Å². The number of nitrogens with two attached hydrogens (primary N) is 1. The van der Waals surface area contributed by atoms with Crippen LogP contribution in [0.15, 0.2) is 21.5 Å². The van der Waals surface area contributed by atoms with Crippen molar-refractivity contribution >= 4 is 40.6 Å². The molecule has 2 aromatic heterocycles. The number of halogens is 1. The van der Waals surface area contributed by atoms with Gasteiger partial charge in [-0.05, 0) is 39.3 Å². The molecular formula is C24H34FN7O2. The lowest BCUT2D eigenvalue weighted by Crippen LogP contribution is -2.43. The number of benzene rings is 1. The number of amides is 1. The number of nitrogen functional groups attached to an aromatic ring is 1. The number of nitrogens with one attached hydrogen (secondary N) is 2. The second-order valence-electron chi connectivity index (χ2n) is 8.46. The van der Waals surface area contributed by atoms with E-state index in [1.165, 1.54) is 6.07 Å². The van der Waals surface area contributed by atoms with Crippen LogP contribution in [-0.4, -0.2) is 54.8 Å². The van der Waals surface area contributed by atoms with E-state index in [0.29, 0.717) is 34.1 Å². The van der Waals surface area contributed by atoms with E-state index in [1.54, 1.807) is 26.3 Å². The van der Waals surface area contributed by atoms with Crippen LogP contribution in [0.3, 0.4) is 0 Å². The van der Waals surface area contributed by atoms with Crippen LogP contribution in [0.5, 0.6) is 0 Å². The SMILES string of the molecule is CCNC1CCN(c2cc(F)c(C(=O)Nc3nc4c(C)nc(C)cc4o3)c(N)c2C=NC)CC1.[HH].[HH]. The quantitative estimate of drug-likeness (QED) is 0.368. The predicted octanol–water partition coefficient (Wildman–Crippen LogP) is 3.93. The number of aromatic nitrogens is 2. The number of oxazole rings is 1. The average molecular weight is 472 g/mol. The molecule has 0 radical (unpaired) electrons. The van der Waals surface area contributed by atoms with Crippen LogP contribution in [0.2, 0.25) is 0 Å². The molecule has 1 aliphatic rings. The van der Waals surface area contributed by atoms with Crippen molar-refractivity contribution in [2.24, 2.45) is 4.99 Å². The molecule has 3 aromatic rings. The summed E-state index contributed by atoms with van der Waals surface area (Å²) in [7, 11) is 1.61. The van der Waals surface area contributed by atoms with Gasteiger partial charge in [-0.15, -0.1) is 0 Å². The molecule has 4 N–H and O–H groups in total. The van der Waals surface area contributed by atoms with E-state index in [0.717, 1.165) is 38.2 Å². The summed E-state index contributed by atoms with van der Waals surface area (Å²) in [4.78, 5) is 27.8. The highest BCUT2D eigenvalue weighted by atomic mass is 19.1. The van der Waals surface area contributed by atoms with Gasteiger partial charge in [-0.3, -0.25) is 20.1 Å². The minimum Gasteiger partial charge on any atom is -0.423 e. The van der Waals surface area contributed by atoms with E-state index in [9.17, 15) is 4.79 Å². The second-order valence-corrected chi connectivity index (χ2v) is 8.46. The van der Waals surface area contributed by atoms with Crippen LogP contribution in [0, 0.1) is 19.7 Å². The molecule has 10 heteroatoms. The smallest absolute Gasteiger partial charge is 0.302 e. The number of aryl methyl sites for hydroxylation is 2. The second kappa shape index (κ2) is 9.76. The van der Waals surface area contributed by atoms with Gasteiger partial charge in [0.1, 0.15) is 11.3 Å². The summed E-state index contributed by atoms with van der Waals surface area (Å²) in [5.41, 5.74) is 9.70. The van der Waals surface area contributed by atoms with Crippen molar-refractivity contribution in [2.75, 3.05) is 42.6 Å². The highest BCUT2D eigenvalue weighted by molar-refractivity contribution is 6.11. The fourth-order valence-electron chi connectivity index (χ4n) is 4.48. The van der Waals surface area contributed by atoms with Gasteiger partial charge in [0.05, 0.1) is 22.6 Å². The molecule has 0 saturated carbocycles. The molecule has 1 saturated heterocycles. The Kier molecular flexibility index (Phi) is 6.78. The number of rotatable bonds is 6. The van der Waals surface area contributed by atoms with E-state index < -0.39 is 11.7 Å². The van der Waals surface area contributed by atoms with Crippen molar-refractivity contribution in [3.05, 3.63) is 40.5 Å². The van der Waals surface area contributed by atoms with Crippen molar-refractivity contribution in [2.45, 2.75) is 39.7 Å². The topological polar surface area (TPSA) is 122 Å². The standard InChI is InChI=1S/C24H30FN7O2.2H2/c1-5-28-15-6-8-32(9-7-15)18-11-17(25)20(21(26)16(18)12-27-4)23(33)31-24-30-22-14(3)29-13(2)10-19(22)34-24;;/h10-12,15,28H,5-9,26H2,1-4H3,(H,30,31,33);2*1H. The number of anilines is 3. The molecular weight excluding hydrogens is 437 g/mol. The zero-order valence-corrected chi connectivity index (χ0v) is 19.9. The summed E-state index contributed by atoms with van der Waals surface area (Å²) in [5.74, 6) is -1.45. The Morgan fingerprint density at radius 1 is 1.35 bits per heavy atom. The molecule has 4 rings (SSSR count). The fraction of sp³-hybridized carbons (Fsp3) is 0.417. The van der Waals surface area contributed by atoms with Gasteiger partial charge in [0.15, 0.2) is 5.58 Å². The highest BCUT2D eigenvalue weighted by Crippen LogP contribution is 2.33. The maximum absolute atomic E-state index is 15.3. The van der Waals surface area contributed by atoms with Crippen LogP contribution in [0.25, 0.3) is 11.1 Å². The first-order valence-corrected chi connectivity index (χ1v) is 11.4. The van der Waals surface area contributed by atoms with Crippen LogP contribution in [0.1, 0.15) is 49.9 Å². The summed E-state index contributed by atoms with van der Waals surface area (Å²) in [6.45, 7) is 8.15. The van der Waals surface area contributed by atoms with Gasteiger partial charge >= 0.3 is 6.01 Å². The molecule has 34 heavy (non-hydrogen) atoms. The molecule has 1 amide bonds. The Morgan fingerprint density at radius 2 is 2.09 bits per heavy atom. The van der Waals surface area contributed by atoms with Gasteiger partial charge in [-0.25, -0.2) is 4.39 Å². The third-order valence-electron chi connectivity index (χ3n) is 6.05. The lowest BCUT2D eigenvalue weighted by Gasteiger charge is -2.35. The molecule has 184 valence electrons. The normalized spacial score (nSPS) is 14.9. The number of carbonyl (C=O) groups excluding carboxylic acids is 1. The van der Waals surface area contributed by atoms with Gasteiger partial charge in [0.2, 0.25) is 0 Å². The zero-order valence-electron chi connectivity index (χ0n) is 19.9. The molecule has 0 unspecified atom stereocenters. The first-order chi connectivity index (χ1) is 16.3. The number of aliphatic imine (C=N–C) groups is 1. The summed E-state index contributed by atoms with van der Waals surface area (Å²) >= 11 is 0. The Hall–Kier alpha value is -3.53. The number of pyridine rings is 1. The van der Waals surface area contributed by atoms with Crippen molar-refractivity contribution in [3.63, 3.8) is 0 Å². The van der Waals surface area contributed by atoms with E-state index in [4.69, 9.17) is 10.2 Å². The lowest BCUT2D eigenvalue weighted by molar-refractivity contribution is 0.102. The van der Waals surface area contributed by atoms with E-state index in [2.05, 4.69) is 37.4 Å². The van der Waals surface area contributed by atoms with Crippen LogP contribution >= 0.6 is 0 Å². The molecule has 1 aliphatic heterocycles. The Labute approximate surface area is 200 Å². The first kappa shape index (κ1) is 23.6. The molecule has 3 heterocycles. The molecule has 1 aromatic carbocycles. The number of nitrogens with zero attached hydrogens (tertiary/aromatic N) is 4. The molecule has 0 aliphatic carbocycles. The van der Waals surface area contributed by atoms with Gasteiger partial charge in [0.25, 0.3) is 5.91 Å². The monoisotopic (exact) mass is 471 g/mol. The molecule has 0 bridgehead atoms. The van der Waals surface area contributed by atoms with Crippen molar-refractivity contribution in [1.82, 2.24) is 15.3 Å². The Balaban J connectivity index is 0.00000228. The minimum atomic E-state index is -0.743. The van der Waals surface area contributed by atoms with Crippen LogP contribution in [0.4, 0.5) is 21.8 Å². The molecule has 1 fully saturated rings. The van der Waals surface area contributed by atoms with E-state index >= 15 is 4.39 Å². The van der Waals surface area contributed by atoms with Crippen LogP contribution in [-0.2, 0) is 0 Å². The van der Waals surface area contributed by atoms with Gasteiger partial charge < -0.3 is 20.4 Å². The van der Waals surface area contributed by atoms with E-state index in [1.807, 2.05) is 6.92 Å². The summed E-state index contributed by atoms with van der Waals surface area (Å²) < 4.78 is 20.9. The number of piperidine rings is 1. The maximum atomic E-state index is 15.3. The number of carbonyl (C=O) groups is 1. The zero-order chi connectivity index (χ0) is 24.4. The summed E-state index contributed by atoms with van der Waals surface area (Å²) in [6.07, 6.45) is 3.44. The largest absolute Gasteiger partial charge is 0.423 e. The van der Waals surface area contributed by atoms with Crippen molar-refractivity contribution < 1.29 is 16.5 Å². The van der Waals surface area contributed by atoms with Gasteiger partial charge in [0, 0.05) is 52.6 Å². The maximum Gasteiger partial charge on any atom is 0.302 e. The lowest BCUT2D eigenvalue weighted by atomic mass is 9.99. The van der Waals surface area contributed by atoms with Gasteiger partial charge in [-0.1, -0.05) is 6.92 Å². The first-order valence-electron chi connectivity index (χ1n) is 11.4. The average Bonchev–Trinajstić information content (AvgIpc) is 3.19. The Bertz CT molecular complexity index is 1260. The number of hydrogen-bond acceptors (Lipinski definition) is 8. The third kappa shape index (κ3) is 4.58. The number of hydrogen-bond donors (Lipinski definition) is 3. The molecule has 0 atom stereocenters. The fourth-order valence-corrected chi connectivity index (χ4v) is 4.48. The molecule has 9 nitrogen and oxygen atoms in total. The van der Waals surface area contributed by atoms with Gasteiger partial charge in [-0.2, -0.15) is 4.98 Å². The number of fused-ring (bicyclic) bond motifs is 1. The summed E-state index contributed by atoms with van der Waals surface area (Å²) in [6, 6.07) is 3.48. The van der Waals surface area contributed by atoms with Crippen molar-refractivity contribution in [1.29, 1.82) is 0 Å². The van der Waals surface area contributed by atoms with E-state index in [-0.39, 0.29) is 20.1 Å². The third-order valence-corrected chi connectivity index (χ3v) is 6.05. The van der Waals surface area contributed by atoms with Crippen molar-refractivity contribution in [3.8, 4) is 0 Å². The minimum absolute atomic E-state index is 0. The molecule has 0 spiro atoms. The highest BCUT2D eigenvalue weighted by Gasteiger charge is 2.27.